The molecule has 0 N–H and O–H groups in total. The zero-order valence-electron chi connectivity index (χ0n) is 12.4. The molecular weight excluding hydrogens is 325 g/mol. The van der Waals surface area contributed by atoms with Crippen LogP contribution in [0.3, 0.4) is 0 Å². The van der Waals surface area contributed by atoms with Gasteiger partial charge >= 0.3 is 0 Å². The second-order valence-electron chi connectivity index (χ2n) is 5.15. The molecule has 2 aromatic rings. The minimum Gasteiger partial charge on any atom is -0.268 e. The molecule has 23 heavy (non-hydrogen) atoms. The normalized spacial score (nSPS) is 21.3. The quantitative estimate of drug-likeness (QED) is 0.617. The summed E-state index contributed by atoms with van der Waals surface area (Å²) in [5.41, 5.74) is 0.501. The first kappa shape index (κ1) is 15.9. The number of allylic oxidation sites excluding steroid dienone is 4. The highest BCUT2D eigenvalue weighted by atomic mass is 32.2. The standard InChI is InChI=1S/C16H13F3N2OS/c1-8-4-3-5-9-14(8)20-16(23-2)21(15(9)22)11-7-6-10(17)12(18)13(11)19/h3-7,10,12H,1-2H3. The molecule has 0 radical (unpaired) electrons. The van der Waals surface area contributed by atoms with E-state index in [-0.39, 0.29) is 10.9 Å². The molecule has 0 amide bonds. The topological polar surface area (TPSA) is 34.9 Å². The van der Waals surface area contributed by atoms with Crippen molar-refractivity contribution in [1.82, 2.24) is 9.55 Å². The van der Waals surface area contributed by atoms with Crippen LogP contribution in [0.4, 0.5) is 13.2 Å². The molecule has 1 heterocycles. The van der Waals surface area contributed by atoms with Gasteiger partial charge < -0.3 is 0 Å². The molecule has 0 saturated heterocycles. The fourth-order valence-corrected chi connectivity index (χ4v) is 3.05. The molecule has 3 rings (SSSR count). The van der Waals surface area contributed by atoms with Crippen molar-refractivity contribution >= 4 is 28.4 Å². The van der Waals surface area contributed by atoms with Crippen LogP contribution < -0.4 is 5.56 Å². The maximum Gasteiger partial charge on any atom is 0.266 e. The van der Waals surface area contributed by atoms with Crippen molar-refractivity contribution in [1.29, 1.82) is 0 Å². The maximum absolute atomic E-state index is 14.2. The lowest BCUT2D eigenvalue weighted by molar-refractivity contribution is 0.207. The molecule has 3 nitrogen and oxygen atoms in total. The van der Waals surface area contributed by atoms with Crippen LogP contribution in [0.1, 0.15) is 5.56 Å². The van der Waals surface area contributed by atoms with E-state index in [1.54, 1.807) is 18.4 Å². The highest BCUT2D eigenvalue weighted by Crippen LogP contribution is 2.30. The highest BCUT2D eigenvalue weighted by Gasteiger charge is 2.31. The second kappa shape index (κ2) is 5.88. The Hall–Kier alpha value is -2.02. The van der Waals surface area contributed by atoms with Gasteiger partial charge in [0.05, 0.1) is 16.6 Å². The Morgan fingerprint density at radius 2 is 2.04 bits per heavy atom. The van der Waals surface area contributed by atoms with E-state index in [2.05, 4.69) is 4.98 Å². The van der Waals surface area contributed by atoms with Crippen molar-refractivity contribution in [3.05, 3.63) is 52.1 Å². The van der Waals surface area contributed by atoms with Crippen LogP contribution in [0.2, 0.25) is 0 Å². The number of thioether (sulfide) groups is 1. The molecule has 0 spiro atoms. The van der Waals surface area contributed by atoms with Gasteiger partial charge in [-0.2, -0.15) is 0 Å². The average Bonchev–Trinajstić information content (AvgIpc) is 2.54. The van der Waals surface area contributed by atoms with Crippen molar-refractivity contribution in [2.45, 2.75) is 24.4 Å². The number of rotatable bonds is 2. The number of aryl methyl sites for hydroxylation is 1. The lowest BCUT2D eigenvalue weighted by Gasteiger charge is -2.20. The van der Waals surface area contributed by atoms with Crippen LogP contribution in [0.5, 0.6) is 0 Å². The molecular formula is C16H13F3N2OS. The molecule has 2 unspecified atom stereocenters. The number of hydrogen-bond acceptors (Lipinski definition) is 3. The van der Waals surface area contributed by atoms with Crippen LogP contribution in [-0.4, -0.2) is 28.2 Å². The largest absolute Gasteiger partial charge is 0.268 e. The van der Waals surface area contributed by atoms with Gasteiger partial charge in [0.1, 0.15) is 0 Å². The summed E-state index contributed by atoms with van der Waals surface area (Å²) in [5.74, 6) is -1.30. The van der Waals surface area contributed by atoms with Crippen molar-refractivity contribution in [2.75, 3.05) is 6.26 Å². The predicted octanol–water partition coefficient (Wildman–Crippen LogP) is 3.81. The zero-order valence-corrected chi connectivity index (χ0v) is 13.2. The first-order chi connectivity index (χ1) is 11.0. The number of benzene rings is 1. The summed E-state index contributed by atoms with van der Waals surface area (Å²) in [5, 5.41) is 0.519. The highest BCUT2D eigenvalue weighted by molar-refractivity contribution is 7.98. The van der Waals surface area contributed by atoms with E-state index in [9.17, 15) is 18.0 Å². The molecule has 7 heteroatoms. The SMILES string of the molecule is CSc1nc2c(C)cccc2c(=O)n1C1=C(F)C(F)C(F)C=C1. The Morgan fingerprint density at radius 1 is 1.30 bits per heavy atom. The smallest absolute Gasteiger partial charge is 0.266 e. The Balaban J connectivity index is 2.37. The number of hydrogen-bond donors (Lipinski definition) is 0. The van der Waals surface area contributed by atoms with Crippen molar-refractivity contribution in [3.8, 4) is 0 Å². The Labute approximate surface area is 134 Å². The molecule has 120 valence electrons. The van der Waals surface area contributed by atoms with Crippen molar-refractivity contribution in [3.63, 3.8) is 0 Å². The van der Waals surface area contributed by atoms with Gasteiger partial charge in [0.2, 0.25) is 0 Å². The number of halogens is 3. The summed E-state index contributed by atoms with van der Waals surface area (Å²) in [4.78, 5) is 17.1. The second-order valence-corrected chi connectivity index (χ2v) is 5.92. The molecule has 1 aromatic heterocycles. The van der Waals surface area contributed by atoms with Gasteiger partial charge in [-0.15, -0.1) is 0 Å². The first-order valence-corrected chi connectivity index (χ1v) is 8.11. The fraction of sp³-hybridized carbons (Fsp3) is 0.250. The molecule has 2 atom stereocenters. The third-order valence-corrected chi connectivity index (χ3v) is 4.34. The van der Waals surface area contributed by atoms with Gasteiger partial charge in [0.25, 0.3) is 5.56 Å². The van der Waals surface area contributed by atoms with Gasteiger partial charge in [-0.25, -0.2) is 18.2 Å². The van der Waals surface area contributed by atoms with E-state index in [1.165, 1.54) is 0 Å². The fourth-order valence-electron chi connectivity index (χ4n) is 2.50. The number of para-hydroxylation sites is 1. The van der Waals surface area contributed by atoms with E-state index in [4.69, 9.17) is 0 Å². The van der Waals surface area contributed by atoms with E-state index >= 15 is 0 Å². The van der Waals surface area contributed by atoms with E-state index in [1.807, 2.05) is 13.0 Å². The van der Waals surface area contributed by atoms with E-state index < -0.39 is 23.7 Å². The number of nitrogens with zero attached hydrogens (tertiary/aromatic N) is 2. The molecule has 1 aromatic carbocycles. The predicted molar refractivity (Wildman–Crippen MR) is 85.8 cm³/mol. The maximum atomic E-state index is 14.2. The monoisotopic (exact) mass is 338 g/mol. The summed E-state index contributed by atoms with van der Waals surface area (Å²) in [6, 6.07) is 5.09. The average molecular weight is 338 g/mol. The van der Waals surface area contributed by atoms with Gasteiger partial charge in [0.15, 0.2) is 23.3 Å². The number of alkyl halides is 2. The van der Waals surface area contributed by atoms with Gasteiger partial charge in [-0.3, -0.25) is 9.36 Å². The molecule has 0 saturated carbocycles. The minimum atomic E-state index is -2.41. The number of fused-ring (bicyclic) bond motifs is 1. The Morgan fingerprint density at radius 3 is 2.74 bits per heavy atom. The third-order valence-electron chi connectivity index (χ3n) is 3.70. The van der Waals surface area contributed by atoms with Crippen LogP contribution in [0.25, 0.3) is 16.6 Å². The minimum absolute atomic E-state index is 0.219. The summed E-state index contributed by atoms with van der Waals surface area (Å²) in [7, 11) is 0. The van der Waals surface area contributed by atoms with Gasteiger partial charge in [-0.1, -0.05) is 23.9 Å². The molecule has 1 aliphatic rings. The third kappa shape index (κ3) is 2.49. The van der Waals surface area contributed by atoms with Crippen LogP contribution in [0, 0.1) is 6.92 Å². The van der Waals surface area contributed by atoms with Crippen LogP contribution in [0.15, 0.2) is 46.1 Å². The van der Waals surface area contributed by atoms with Crippen molar-refractivity contribution in [2.24, 2.45) is 0 Å². The molecule has 0 aliphatic heterocycles. The van der Waals surface area contributed by atoms with Gasteiger partial charge in [0, 0.05) is 0 Å². The van der Waals surface area contributed by atoms with E-state index in [0.29, 0.717) is 10.9 Å². The summed E-state index contributed by atoms with van der Waals surface area (Å²) in [6.07, 6.45) is -0.800. The summed E-state index contributed by atoms with van der Waals surface area (Å²) >= 11 is 1.13. The van der Waals surface area contributed by atoms with Gasteiger partial charge in [-0.05, 0) is 37.0 Å². The van der Waals surface area contributed by atoms with Crippen LogP contribution in [-0.2, 0) is 0 Å². The van der Waals surface area contributed by atoms with Crippen molar-refractivity contribution < 1.29 is 13.2 Å². The van der Waals surface area contributed by atoms with Crippen LogP contribution >= 0.6 is 11.8 Å². The summed E-state index contributed by atoms with van der Waals surface area (Å²) < 4.78 is 42.1. The summed E-state index contributed by atoms with van der Waals surface area (Å²) in [6.45, 7) is 1.81. The molecule has 1 aliphatic carbocycles. The lowest BCUT2D eigenvalue weighted by atomic mass is 10.1. The Bertz CT molecular complexity index is 904. The molecule has 0 fully saturated rings. The molecule has 0 bridgehead atoms. The van der Waals surface area contributed by atoms with E-state index in [0.717, 1.165) is 34.0 Å². The number of aromatic nitrogens is 2. The zero-order chi connectivity index (χ0) is 16.7. The Kier molecular flexibility index (Phi) is 4.06. The first-order valence-electron chi connectivity index (χ1n) is 6.88. The lowest BCUT2D eigenvalue weighted by Crippen LogP contribution is -2.28.